The Bertz CT molecular complexity index is 1360. The van der Waals surface area contributed by atoms with E-state index in [0.29, 0.717) is 29.9 Å². The van der Waals surface area contributed by atoms with Gasteiger partial charge in [-0.25, -0.2) is 4.90 Å². The molecule has 2 heterocycles. The number of allylic oxidation sites excluding steroid dienone is 2. The summed E-state index contributed by atoms with van der Waals surface area (Å²) in [4.78, 5) is 39.0. The summed E-state index contributed by atoms with van der Waals surface area (Å²) in [5, 5.41) is 42.7. The minimum Gasteiger partial charge on any atom is -0.459 e. The topological polar surface area (TPSA) is 154 Å². The van der Waals surface area contributed by atoms with Crippen molar-refractivity contribution in [1.29, 1.82) is 0 Å². The van der Waals surface area contributed by atoms with Gasteiger partial charge in [-0.05, 0) is 61.4 Å². The van der Waals surface area contributed by atoms with Crippen LogP contribution in [0.2, 0.25) is 0 Å². The van der Waals surface area contributed by atoms with Crippen LogP contribution in [0.25, 0.3) is 6.08 Å². The molecule has 1 fully saturated rings. The van der Waals surface area contributed by atoms with Crippen LogP contribution in [0.3, 0.4) is 0 Å². The van der Waals surface area contributed by atoms with Crippen molar-refractivity contribution in [2.75, 3.05) is 11.5 Å². The second-order valence-electron chi connectivity index (χ2n) is 11.1. The van der Waals surface area contributed by atoms with Crippen molar-refractivity contribution in [1.82, 2.24) is 0 Å². The van der Waals surface area contributed by atoms with Gasteiger partial charge in [-0.2, -0.15) is 0 Å². The molecule has 3 N–H and O–H groups in total. The van der Waals surface area contributed by atoms with Gasteiger partial charge < -0.3 is 19.7 Å². The third-order valence-electron chi connectivity index (χ3n) is 8.17. The molecule has 0 radical (unpaired) electrons. The van der Waals surface area contributed by atoms with Crippen LogP contribution in [0, 0.1) is 33.8 Å². The van der Waals surface area contributed by atoms with Gasteiger partial charge in [0.1, 0.15) is 18.1 Å². The van der Waals surface area contributed by atoms with Crippen LogP contribution in [0.15, 0.2) is 57.5 Å². The van der Waals surface area contributed by atoms with Crippen molar-refractivity contribution in [3.05, 3.63) is 74.8 Å². The highest BCUT2D eigenvalue weighted by Gasteiger charge is 2.55. The quantitative estimate of drug-likeness (QED) is 0.144. The fraction of sp³-hybridized carbons (Fsp3) is 0.484. The SMILES string of the molecule is CCC/C(=C\c1ccc(CO)o1)CC[C@@H](O)C1=C(C(C)C)C[C@H]2C(=O)N(c3cccc([N+](=O)[O-])c3)C(=O)[C@H]2[C@H]1CO. The molecular formula is C31H38N2O8. The largest absolute Gasteiger partial charge is 0.459 e. The number of furan rings is 1. The molecule has 4 atom stereocenters. The number of carbonyl (C=O) groups excluding carboxylic acids is 2. The number of nitro benzene ring substituents is 1. The highest BCUT2D eigenvalue weighted by Crippen LogP contribution is 2.49. The van der Waals surface area contributed by atoms with Gasteiger partial charge in [0, 0.05) is 18.1 Å². The summed E-state index contributed by atoms with van der Waals surface area (Å²) < 4.78 is 5.61. The molecule has 4 rings (SSSR count). The first kappa shape index (κ1) is 30.4. The Morgan fingerprint density at radius 2 is 1.93 bits per heavy atom. The molecule has 2 aromatic rings. The lowest BCUT2D eigenvalue weighted by Crippen LogP contribution is -2.39. The number of rotatable bonds is 12. The van der Waals surface area contributed by atoms with E-state index in [1.165, 1.54) is 24.3 Å². The van der Waals surface area contributed by atoms with E-state index in [4.69, 9.17) is 4.42 Å². The number of nitro groups is 1. The number of hydrogen-bond donors (Lipinski definition) is 3. The predicted octanol–water partition coefficient (Wildman–Crippen LogP) is 4.78. The molecule has 1 aliphatic carbocycles. The van der Waals surface area contributed by atoms with Gasteiger partial charge in [0.15, 0.2) is 0 Å². The van der Waals surface area contributed by atoms with Gasteiger partial charge in [-0.3, -0.25) is 19.7 Å². The molecule has 10 heteroatoms. The van der Waals surface area contributed by atoms with Crippen LogP contribution < -0.4 is 4.90 Å². The lowest BCUT2D eigenvalue weighted by molar-refractivity contribution is -0.384. The van der Waals surface area contributed by atoms with Crippen LogP contribution >= 0.6 is 0 Å². The summed E-state index contributed by atoms with van der Waals surface area (Å²) in [6.45, 7) is 5.39. The summed E-state index contributed by atoms with van der Waals surface area (Å²) in [6, 6.07) is 8.93. The zero-order valence-corrected chi connectivity index (χ0v) is 23.7. The van der Waals surface area contributed by atoms with Crippen molar-refractivity contribution in [2.45, 2.75) is 65.6 Å². The highest BCUT2D eigenvalue weighted by atomic mass is 16.6. The van der Waals surface area contributed by atoms with Crippen molar-refractivity contribution in [2.24, 2.45) is 23.7 Å². The molecule has 0 saturated carbocycles. The molecule has 2 aliphatic rings. The third kappa shape index (κ3) is 6.19. The Hall–Kier alpha value is -3.60. The number of aliphatic hydroxyl groups excluding tert-OH is 3. The molecule has 41 heavy (non-hydrogen) atoms. The van der Waals surface area contributed by atoms with Gasteiger partial charge in [-0.1, -0.05) is 44.4 Å². The Kier molecular flexibility index (Phi) is 9.57. The van der Waals surface area contributed by atoms with Crippen molar-refractivity contribution < 1.29 is 34.2 Å². The second-order valence-corrected chi connectivity index (χ2v) is 11.1. The summed E-state index contributed by atoms with van der Waals surface area (Å²) in [6.07, 6.45) is 3.84. The van der Waals surface area contributed by atoms with Crippen LogP contribution in [0.1, 0.15) is 64.4 Å². The lowest BCUT2D eigenvalue weighted by Gasteiger charge is -2.38. The number of aliphatic hydroxyl groups is 3. The van der Waals surface area contributed by atoms with E-state index in [0.717, 1.165) is 28.9 Å². The summed E-state index contributed by atoms with van der Waals surface area (Å²) in [7, 11) is 0. The van der Waals surface area contributed by atoms with E-state index in [1.807, 2.05) is 19.9 Å². The first-order valence-electron chi connectivity index (χ1n) is 14.1. The zero-order chi connectivity index (χ0) is 29.8. The maximum absolute atomic E-state index is 13.7. The summed E-state index contributed by atoms with van der Waals surface area (Å²) in [5.41, 5.74) is 2.44. The van der Waals surface area contributed by atoms with Gasteiger partial charge in [0.2, 0.25) is 11.8 Å². The molecule has 0 spiro atoms. The minimum absolute atomic E-state index is 0.0323. The Morgan fingerprint density at radius 3 is 2.54 bits per heavy atom. The van der Waals surface area contributed by atoms with Gasteiger partial charge in [-0.15, -0.1) is 0 Å². The number of carbonyl (C=O) groups is 2. The molecular weight excluding hydrogens is 528 g/mol. The van der Waals surface area contributed by atoms with Crippen molar-refractivity contribution >= 4 is 29.3 Å². The second kappa shape index (κ2) is 12.9. The van der Waals surface area contributed by atoms with Crippen molar-refractivity contribution in [3.63, 3.8) is 0 Å². The fourth-order valence-corrected chi connectivity index (χ4v) is 6.27. The molecule has 10 nitrogen and oxygen atoms in total. The van der Waals surface area contributed by atoms with E-state index in [-0.39, 0.29) is 30.3 Å². The number of amides is 2. The number of benzene rings is 1. The molecule has 220 valence electrons. The van der Waals surface area contributed by atoms with E-state index >= 15 is 0 Å². The van der Waals surface area contributed by atoms with E-state index < -0.39 is 47.2 Å². The molecule has 0 bridgehead atoms. The Balaban J connectivity index is 1.62. The monoisotopic (exact) mass is 566 g/mol. The average molecular weight is 567 g/mol. The molecule has 0 unspecified atom stereocenters. The summed E-state index contributed by atoms with van der Waals surface area (Å²) >= 11 is 0. The summed E-state index contributed by atoms with van der Waals surface area (Å²) in [5.74, 6) is -2.25. The number of imide groups is 1. The molecule has 2 amide bonds. The van der Waals surface area contributed by atoms with E-state index in [9.17, 15) is 35.0 Å². The molecule has 1 saturated heterocycles. The van der Waals surface area contributed by atoms with Gasteiger partial charge in [0.25, 0.3) is 5.69 Å². The minimum atomic E-state index is -0.940. The third-order valence-corrected chi connectivity index (χ3v) is 8.17. The Labute approximate surface area is 239 Å². The Morgan fingerprint density at radius 1 is 1.17 bits per heavy atom. The first-order chi connectivity index (χ1) is 19.6. The normalized spacial score (nSPS) is 22.1. The zero-order valence-electron chi connectivity index (χ0n) is 23.7. The predicted molar refractivity (Wildman–Crippen MR) is 152 cm³/mol. The van der Waals surface area contributed by atoms with Crippen LogP contribution in [-0.2, 0) is 16.2 Å². The highest BCUT2D eigenvalue weighted by molar-refractivity contribution is 6.22. The first-order valence-corrected chi connectivity index (χ1v) is 14.1. The van der Waals surface area contributed by atoms with Crippen LogP contribution in [0.5, 0.6) is 0 Å². The van der Waals surface area contributed by atoms with E-state index in [2.05, 4.69) is 6.92 Å². The average Bonchev–Trinajstić information content (AvgIpc) is 3.51. The van der Waals surface area contributed by atoms with E-state index in [1.54, 1.807) is 12.1 Å². The lowest BCUT2D eigenvalue weighted by atomic mass is 9.66. The van der Waals surface area contributed by atoms with Gasteiger partial charge in [0.05, 0.1) is 35.2 Å². The maximum Gasteiger partial charge on any atom is 0.271 e. The van der Waals surface area contributed by atoms with Crippen LogP contribution in [0.4, 0.5) is 11.4 Å². The standard InChI is InChI=1S/C31H38N2O8/c1-4-6-19(13-22-10-11-23(16-34)41-22)9-12-27(36)28-24(18(2)3)15-25-29(26(28)17-35)31(38)32(30(25)37)20-7-5-8-21(14-20)33(39)40/h5,7-8,10-11,13-14,18,25-27,29,34-36H,4,6,9,12,15-17H2,1-3H3/b19-13+/t25-,26+,27-,29-/m1/s1. The number of fused-ring (bicyclic) bond motifs is 1. The smallest absolute Gasteiger partial charge is 0.271 e. The fourth-order valence-electron chi connectivity index (χ4n) is 6.27. The maximum atomic E-state index is 13.7. The van der Waals surface area contributed by atoms with Crippen molar-refractivity contribution in [3.8, 4) is 0 Å². The van der Waals surface area contributed by atoms with Crippen LogP contribution in [-0.4, -0.2) is 44.8 Å². The number of non-ortho nitro benzene ring substituents is 1. The number of hydrogen-bond acceptors (Lipinski definition) is 8. The molecule has 1 aromatic carbocycles. The molecule has 1 aromatic heterocycles. The molecule has 1 aliphatic heterocycles. The number of nitrogens with zero attached hydrogens (tertiary/aromatic N) is 2. The van der Waals surface area contributed by atoms with Gasteiger partial charge >= 0.3 is 0 Å². The number of anilines is 1.